The highest BCUT2D eigenvalue weighted by Crippen LogP contribution is 2.04. The van der Waals surface area contributed by atoms with Crippen molar-refractivity contribution in [1.82, 2.24) is 15.1 Å². The van der Waals surface area contributed by atoms with Crippen molar-refractivity contribution in [1.29, 1.82) is 0 Å². The number of aromatic nitrogens is 2. The SMILES string of the molecule is Cc1ccc(C(=O)NCc2cc(C)n(C)n2)cc1. The van der Waals surface area contributed by atoms with Gasteiger partial charge in [0.05, 0.1) is 12.2 Å². The summed E-state index contributed by atoms with van der Waals surface area (Å²) in [5.74, 6) is -0.0710. The van der Waals surface area contributed by atoms with Gasteiger partial charge in [-0.1, -0.05) is 17.7 Å². The van der Waals surface area contributed by atoms with E-state index in [1.54, 1.807) is 4.68 Å². The Hall–Kier alpha value is -2.10. The number of amides is 1. The van der Waals surface area contributed by atoms with Crippen LogP contribution in [0.5, 0.6) is 0 Å². The molecule has 2 aromatic rings. The molecule has 0 aliphatic rings. The minimum absolute atomic E-state index is 0.0710. The Balaban J connectivity index is 1.98. The Morgan fingerprint density at radius 1 is 1.28 bits per heavy atom. The third kappa shape index (κ3) is 2.77. The van der Waals surface area contributed by atoms with Crippen molar-refractivity contribution < 1.29 is 4.79 Å². The number of aryl methyl sites for hydroxylation is 3. The van der Waals surface area contributed by atoms with E-state index in [1.807, 2.05) is 51.2 Å². The third-order valence-corrected chi connectivity index (χ3v) is 2.91. The zero-order valence-corrected chi connectivity index (χ0v) is 10.9. The molecule has 4 heteroatoms. The molecule has 0 saturated carbocycles. The van der Waals surface area contributed by atoms with Crippen molar-refractivity contribution in [2.75, 3.05) is 0 Å². The van der Waals surface area contributed by atoms with Gasteiger partial charge in [-0.15, -0.1) is 0 Å². The molecule has 0 atom stereocenters. The number of carbonyl (C=O) groups excluding carboxylic acids is 1. The van der Waals surface area contributed by atoms with Crippen LogP contribution < -0.4 is 5.32 Å². The van der Waals surface area contributed by atoms with Crippen molar-refractivity contribution in [2.45, 2.75) is 20.4 Å². The topological polar surface area (TPSA) is 46.9 Å². The largest absolute Gasteiger partial charge is 0.346 e. The summed E-state index contributed by atoms with van der Waals surface area (Å²) in [4.78, 5) is 11.9. The minimum atomic E-state index is -0.0710. The fourth-order valence-corrected chi connectivity index (χ4v) is 1.70. The minimum Gasteiger partial charge on any atom is -0.346 e. The highest BCUT2D eigenvalue weighted by Gasteiger charge is 2.06. The van der Waals surface area contributed by atoms with Crippen molar-refractivity contribution in [2.24, 2.45) is 7.05 Å². The summed E-state index contributed by atoms with van der Waals surface area (Å²) in [7, 11) is 1.89. The van der Waals surface area contributed by atoms with Gasteiger partial charge in [-0.05, 0) is 32.0 Å². The Labute approximate surface area is 107 Å². The van der Waals surface area contributed by atoms with E-state index in [9.17, 15) is 4.79 Å². The lowest BCUT2D eigenvalue weighted by atomic mass is 10.1. The molecule has 0 fully saturated rings. The van der Waals surface area contributed by atoms with Crippen LogP contribution >= 0.6 is 0 Å². The van der Waals surface area contributed by atoms with Gasteiger partial charge in [-0.25, -0.2) is 0 Å². The molecule has 0 aliphatic carbocycles. The van der Waals surface area contributed by atoms with Crippen molar-refractivity contribution in [3.63, 3.8) is 0 Å². The second kappa shape index (κ2) is 5.04. The summed E-state index contributed by atoms with van der Waals surface area (Å²) in [6.45, 7) is 4.44. The summed E-state index contributed by atoms with van der Waals surface area (Å²) in [6, 6.07) is 9.48. The molecule has 18 heavy (non-hydrogen) atoms. The number of nitrogens with zero attached hydrogens (tertiary/aromatic N) is 2. The molecule has 2 rings (SSSR count). The van der Waals surface area contributed by atoms with Crippen LogP contribution in [-0.4, -0.2) is 15.7 Å². The van der Waals surface area contributed by atoms with Crippen LogP contribution in [0.15, 0.2) is 30.3 Å². The Kier molecular flexibility index (Phi) is 3.46. The molecular weight excluding hydrogens is 226 g/mol. The summed E-state index contributed by atoms with van der Waals surface area (Å²) in [5.41, 5.74) is 3.77. The average Bonchev–Trinajstić information content (AvgIpc) is 2.67. The zero-order chi connectivity index (χ0) is 13.1. The predicted molar refractivity (Wildman–Crippen MR) is 70.3 cm³/mol. The van der Waals surface area contributed by atoms with E-state index in [2.05, 4.69) is 10.4 Å². The lowest BCUT2D eigenvalue weighted by Gasteiger charge is -2.03. The van der Waals surface area contributed by atoms with E-state index in [0.717, 1.165) is 17.0 Å². The van der Waals surface area contributed by atoms with Gasteiger partial charge in [0.2, 0.25) is 0 Å². The van der Waals surface area contributed by atoms with Crippen LogP contribution in [0.2, 0.25) is 0 Å². The number of hydrogen-bond donors (Lipinski definition) is 1. The Morgan fingerprint density at radius 3 is 2.50 bits per heavy atom. The van der Waals surface area contributed by atoms with Crippen LogP contribution in [0, 0.1) is 13.8 Å². The van der Waals surface area contributed by atoms with Crippen LogP contribution in [0.3, 0.4) is 0 Å². The molecular formula is C14H17N3O. The van der Waals surface area contributed by atoms with Crippen molar-refractivity contribution in [3.8, 4) is 0 Å². The van der Waals surface area contributed by atoms with E-state index >= 15 is 0 Å². The standard InChI is InChI=1S/C14H17N3O/c1-10-4-6-12(7-5-10)14(18)15-9-13-8-11(2)17(3)16-13/h4-8H,9H2,1-3H3,(H,15,18). The first kappa shape index (κ1) is 12.4. The van der Waals surface area contributed by atoms with E-state index in [1.165, 1.54) is 0 Å². The highest BCUT2D eigenvalue weighted by atomic mass is 16.1. The maximum Gasteiger partial charge on any atom is 0.251 e. The quantitative estimate of drug-likeness (QED) is 0.895. The molecule has 1 aromatic carbocycles. The second-order valence-electron chi connectivity index (χ2n) is 4.45. The van der Waals surface area contributed by atoms with Gasteiger partial charge in [-0.2, -0.15) is 5.10 Å². The summed E-state index contributed by atoms with van der Waals surface area (Å²) in [5, 5.41) is 7.15. The number of carbonyl (C=O) groups is 1. The Bertz CT molecular complexity index is 535. The molecule has 0 aliphatic heterocycles. The van der Waals surface area contributed by atoms with E-state index in [0.29, 0.717) is 12.1 Å². The van der Waals surface area contributed by atoms with Gasteiger partial charge in [0.15, 0.2) is 0 Å². The summed E-state index contributed by atoms with van der Waals surface area (Å²) in [6.07, 6.45) is 0. The molecule has 1 N–H and O–H groups in total. The van der Waals surface area contributed by atoms with E-state index in [4.69, 9.17) is 0 Å². The van der Waals surface area contributed by atoms with Crippen LogP contribution in [0.25, 0.3) is 0 Å². The molecule has 1 heterocycles. The van der Waals surface area contributed by atoms with Crippen molar-refractivity contribution >= 4 is 5.91 Å². The Morgan fingerprint density at radius 2 is 1.94 bits per heavy atom. The second-order valence-corrected chi connectivity index (χ2v) is 4.45. The normalized spacial score (nSPS) is 10.4. The zero-order valence-electron chi connectivity index (χ0n) is 10.9. The number of benzene rings is 1. The molecule has 0 bridgehead atoms. The molecule has 94 valence electrons. The first-order valence-corrected chi connectivity index (χ1v) is 5.90. The van der Waals surface area contributed by atoms with E-state index < -0.39 is 0 Å². The lowest BCUT2D eigenvalue weighted by Crippen LogP contribution is -2.23. The summed E-state index contributed by atoms with van der Waals surface area (Å²) < 4.78 is 1.80. The van der Waals surface area contributed by atoms with Crippen LogP contribution in [0.1, 0.15) is 27.3 Å². The van der Waals surface area contributed by atoms with Gasteiger partial charge in [0.25, 0.3) is 5.91 Å². The number of nitrogens with one attached hydrogen (secondary N) is 1. The first-order valence-electron chi connectivity index (χ1n) is 5.90. The van der Waals surface area contributed by atoms with Gasteiger partial charge >= 0.3 is 0 Å². The number of hydrogen-bond acceptors (Lipinski definition) is 2. The van der Waals surface area contributed by atoms with Gasteiger partial charge in [-0.3, -0.25) is 9.48 Å². The maximum absolute atomic E-state index is 11.9. The van der Waals surface area contributed by atoms with Gasteiger partial charge < -0.3 is 5.32 Å². The van der Waals surface area contributed by atoms with Crippen molar-refractivity contribution in [3.05, 3.63) is 52.8 Å². The molecule has 0 saturated heterocycles. The fraction of sp³-hybridized carbons (Fsp3) is 0.286. The van der Waals surface area contributed by atoms with Crippen LogP contribution in [-0.2, 0) is 13.6 Å². The predicted octanol–water partition coefficient (Wildman–Crippen LogP) is 1.97. The van der Waals surface area contributed by atoms with Crippen LogP contribution in [0.4, 0.5) is 0 Å². The first-order chi connectivity index (χ1) is 8.56. The molecule has 4 nitrogen and oxygen atoms in total. The summed E-state index contributed by atoms with van der Waals surface area (Å²) >= 11 is 0. The number of rotatable bonds is 3. The molecule has 1 aromatic heterocycles. The monoisotopic (exact) mass is 243 g/mol. The lowest BCUT2D eigenvalue weighted by molar-refractivity contribution is 0.0950. The fourth-order valence-electron chi connectivity index (χ4n) is 1.70. The smallest absolute Gasteiger partial charge is 0.251 e. The molecule has 0 spiro atoms. The van der Waals surface area contributed by atoms with Gasteiger partial charge in [0, 0.05) is 18.3 Å². The molecule has 0 radical (unpaired) electrons. The maximum atomic E-state index is 11.9. The third-order valence-electron chi connectivity index (χ3n) is 2.91. The van der Waals surface area contributed by atoms with E-state index in [-0.39, 0.29) is 5.91 Å². The molecule has 1 amide bonds. The van der Waals surface area contributed by atoms with Gasteiger partial charge in [0.1, 0.15) is 0 Å². The molecule has 0 unspecified atom stereocenters. The highest BCUT2D eigenvalue weighted by molar-refractivity contribution is 5.94. The average molecular weight is 243 g/mol.